The minimum Gasteiger partial charge on any atom is -0.493 e. The van der Waals surface area contributed by atoms with Gasteiger partial charge in [0.25, 0.3) is 11.8 Å². The fourth-order valence-corrected chi connectivity index (χ4v) is 2.25. The van der Waals surface area contributed by atoms with Gasteiger partial charge >= 0.3 is 0 Å². The zero-order chi connectivity index (χ0) is 19.8. The molecule has 1 aromatic heterocycles. The Morgan fingerprint density at radius 3 is 2.52 bits per heavy atom. The van der Waals surface area contributed by atoms with Gasteiger partial charge in [0.15, 0.2) is 11.5 Å². The molecule has 2 rings (SSSR count). The van der Waals surface area contributed by atoms with E-state index >= 15 is 0 Å². The average Bonchev–Trinajstić information content (AvgIpc) is 3.19. The summed E-state index contributed by atoms with van der Waals surface area (Å²) in [6.45, 7) is 3.85. The van der Waals surface area contributed by atoms with Crippen molar-refractivity contribution in [3.05, 3.63) is 53.6 Å². The zero-order valence-corrected chi connectivity index (χ0v) is 15.9. The predicted octanol–water partition coefficient (Wildman–Crippen LogP) is 2.98. The summed E-state index contributed by atoms with van der Waals surface area (Å²) >= 11 is 0. The molecule has 1 unspecified atom stereocenters. The highest BCUT2D eigenvalue weighted by Gasteiger charge is 2.18. The Morgan fingerprint density at radius 2 is 1.93 bits per heavy atom. The lowest BCUT2D eigenvalue weighted by Gasteiger charge is -2.15. The molecule has 1 atom stereocenters. The maximum atomic E-state index is 12.7. The summed E-state index contributed by atoms with van der Waals surface area (Å²) in [5.41, 5.74) is 0.416. The van der Waals surface area contributed by atoms with E-state index in [0.717, 1.165) is 6.42 Å². The third-order valence-electron chi connectivity index (χ3n) is 3.96. The van der Waals surface area contributed by atoms with Crippen LogP contribution in [-0.2, 0) is 4.79 Å². The van der Waals surface area contributed by atoms with Crippen LogP contribution in [-0.4, -0.2) is 32.1 Å². The van der Waals surface area contributed by atoms with Crippen molar-refractivity contribution in [2.24, 2.45) is 0 Å². The average molecular weight is 372 g/mol. The zero-order valence-electron chi connectivity index (χ0n) is 15.9. The second-order valence-electron chi connectivity index (χ2n) is 5.88. The molecular weight excluding hydrogens is 348 g/mol. The number of carbonyl (C=O) groups excluding carboxylic acids is 2. The van der Waals surface area contributed by atoms with Gasteiger partial charge in [-0.25, -0.2) is 0 Å². The monoisotopic (exact) mass is 372 g/mol. The molecule has 1 aromatic carbocycles. The topological polar surface area (TPSA) is 89.8 Å². The van der Waals surface area contributed by atoms with Gasteiger partial charge < -0.3 is 24.5 Å². The van der Waals surface area contributed by atoms with Crippen LogP contribution < -0.4 is 20.1 Å². The van der Waals surface area contributed by atoms with Crippen LogP contribution in [0.3, 0.4) is 0 Å². The third-order valence-corrected chi connectivity index (χ3v) is 3.96. The number of methoxy groups -OCH3 is 2. The molecule has 0 aliphatic rings. The molecule has 27 heavy (non-hydrogen) atoms. The third kappa shape index (κ3) is 5.37. The summed E-state index contributed by atoms with van der Waals surface area (Å²) in [7, 11) is 3.00. The second kappa shape index (κ2) is 9.47. The van der Waals surface area contributed by atoms with Gasteiger partial charge in [0.2, 0.25) is 0 Å². The Morgan fingerprint density at radius 1 is 1.19 bits per heavy atom. The van der Waals surface area contributed by atoms with Crippen LogP contribution in [0, 0.1) is 0 Å². The van der Waals surface area contributed by atoms with Crippen molar-refractivity contribution in [1.82, 2.24) is 10.6 Å². The van der Waals surface area contributed by atoms with Gasteiger partial charge in [-0.15, -0.1) is 0 Å². The molecule has 2 amide bonds. The maximum absolute atomic E-state index is 12.7. The standard InChI is InChI=1S/C20H24N2O5/c1-5-13(2)21-20(24)16(12-15-7-6-10-27-15)22-19(23)14-8-9-17(25-3)18(11-14)26-4/h6-13H,5H2,1-4H3,(H,21,24)(H,22,23)/b16-12-. The minimum atomic E-state index is -0.451. The van der Waals surface area contributed by atoms with Crippen LogP contribution >= 0.6 is 0 Å². The van der Waals surface area contributed by atoms with Gasteiger partial charge in [-0.3, -0.25) is 9.59 Å². The van der Waals surface area contributed by atoms with Crippen molar-refractivity contribution in [3.63, 3.8) is 0 Å². The summed E-state index contributed by atoms with van der Waals surface area (Å²) in [5.74, 6) is 0.542. The number of ether oxygens (including phenoxy) is 2. The Hall–Kier alpha value is -3.22. The Labute approximate surface area is 158 Å². The lowest BCUT2D eigenvalue weighted by Crippen LogP contribution is -2.39. The smallest absolute Gasteiger partial charge is 0.268 e. The number of furan rings is 1. The molecular formula is C20H24N2O5. The van der Waals surface area contributed by atoms with Crippen LogP contribution in [0.5, 0.6) is 11.5 Å². The predicted molar refractivity (Wildman–Crippen MR) is 102 cm³/mol. The van der Waals surface area contributed by atoms with E-state index in [9.17, 15) is 9.59 Å². The van der Waals surface area contributed by atoms with E-state index in [1.807, 2.05) is 13.8 Å². The van der Waals surface area contributed by atoms with Gasteiger partial charge in [0.05, 0.1) is 20.5 Å². The number of amides is 2. The van der Waals surface area contributed by atoms with Gasteiger partial charge in [0.1, 0.15) is 11.5 Å². The van der Waals surface area contributed by atoms with Crippen molar-refractivity contribution >= 4 is 17.9 Å². The second-order valence-corrected chi connectivity index (χ2v) is 5.88. The summed E-state index contributed by atoms with van der Waals surface area (Å²) in [5, 5.41) is 5.47. The van der Waals surface area contributed by atoms with E-state index in [1.54, 1.807) is 30.3 Å². The van der Waals surface area contributed by atoms with Crippen LogP contribution in [0.4, 0.5) is 0 Å². The number of rotatable bonds is 8. The first-order chi connectivity index (χ1) is 13.0. The maximum Gasteiger partial charge on any atom is 0.268 e. The summed E-state index contributed by atoms with van der Waals surface area (Å²) in [6.07, 6.45) is 3.74. The molecule has 0 aliphatic carbocycles. The number of nitrogens with one attached hydrogen (secondary N) is 2. The van der Waals surface area contributed by atoms with Crippen LogP contribution in [0.2, 0.25) is 0 Å². The summed E-state index contributed by atoms with van der Waals surface area (Å²) in [4.78, 5) is 25.2. The van der Waals surface area contributed by atoms with Gasteiger partial charge in [-0.05, 0) is 43.7 Å². The largest absolute Gasteiger partial charge is 0.493 e. The quantitative estimate of drug-likeness (QED) is 0.696. The van der Waals surface area contributed by atoms with E-state index in [2.05, 4.69) is 10.6 Å². The normalized spacial score (nSPS) is 12.2. The molecule has 0 radical (unpaired) electrons. The van der Waals surface area contributed by atoms with Crippen molar-refractivity contribution in [2.45, 2.75) is 26.3 Å². The van der Waals surface area contributed by atoms with E-state index in [4.69, 9.17) is 13.9 Å². The van der Waals surface area contributed by atoms with Crippen molar-refractivity contribution in [3.8, 4) is 11.5 Å². The number of benzene rings is 1. The van der Waals surface area contributed by atoms with Crippen molar-refractivity contribution < 1.29 is 23.5 Å². The van der Waals surface area contributed by atoms with Crippen LogP contribution in [0.25, 0.3) is 6.08 Å². The molecule has 0 bridgehead atoms. The molecule has 0 fully saturated rings. The lowest BCUT2D eigenvalue weighted by atomic mass is 10.1. The molecule has 1 heterocycles. The Kier molecular flexibility index (Phi) is 7.05. The molecule has 7 nitrogen and oxygen atoms in total. The fourth-order valence-electron chi connectivity index (χ4n) is 2.25. The van der Waals surface area contributed by atoms with E-state index in [1.165, 1.54) is 26.6 Å². The molecule has 144 valence electrons. The highest BCUT2D eigenvalue weighted by atomic mass is 16.5. The van der Waals surface area contributed by atoms with Crippen LogP contribution in [0.15, 0.2) is 46.7 Å². The van der Waals surface area contributed by atoms with Crippen molar-refractivity contribution in [1.29, 1.82) is 0 Å². The Balaban J connectivity index is 2.26. The molecule has 2 N–H and O–H groups in total. The highest BCUT2D eigenvalue weighted by molar-refractivity contribution is 6.05. The van der Waals surface area contributed by atoms with E-state index in [0.29, 0.717) is 22.8 Å². The lowest BCUT2D eigenvalue weighted by molar-refractivity contribution is -0.118. The van der Waals surface area contributed by atoms with Gasteiger partial charge in [-0.1, -0.05) is 6.92 Å². The first-order valence-electron chi connectivity index (χ1n) is 8.57. The van der Waals surface area contributed by atoms with E-state index < -0.39 is 11.8 Å². The number of hydrogen-bond acceptors (Lipinski definition) is 5. The molecule has 2 aromatic rings. The van der Waals surface area contributed by atoms with Gasteiger partial charge in [-0.2, -0.15) is 0 Å². The van der Waals surface area contributed by atoms with E-state index in [-0.39, 0.29) is 11.7 Å². The molecule has 0 saturated carbocycles. The first kappa shape index (κ1) is 20.1. The number of carbonyl (C=O) groups is 2. The van der Waals surface area contributed by atoms with Crippen molar-refractivity contribution in [2.75, 3.05) is 14.2 Å². The SMILES string of the molecule is CCC(C)NC(=O)/C(=C/c1ccco1)NC(=O)c1ccc(OC)c(OC)c1. The summed E-state index contributed by atoms with van der Waals surface area (Å²) in [6, 6.07) is 8.13. The molecule has 7 heteroatoms. The Bertz CT molecular complexity index is 812. The minimum absolute atomic E-state index is 0.0320. The highest BCUT2D eigenvalue weighted by Crippen LogP contribution is 2.27. The van der Waals surface area contributed by atoms with Gasteiger partial charge in [0, 0.05) is 17.7 Å². The fraction of sp³-hybridized carbons (Fsp3) is 0.300. The first-order valence-corrected chi connectivity index (χ1v) is 8.57. The van der Waals surface area contributed by atoms with Crippen LogP contribution in [0.1, 0.15) is 36.4 Å². The molecule has 0 spiro atoms. The summed E-state index contributed by atoms with van der Waals surface area (Å²) < 4.78 is 15.6. The molecule has 0 saturated heterocycles. The number of hydrogen-bond donors (Lipinski definition) is 2. The molecule has 0 aliphatic heterocycles.